The summed E-state index contributed by atoms with van der Waals surface area (Å²) in [6, 6.07) is 16.1. The number of nitrogens with one attached hydrogen (secondary N) is 2. The van der Waals surface area contributed by atoms with Crippen molar-refractivity contribution >= 4 is 34.8 Å². The number of carbonyl (C=O) groups excluding carboxylic acids is 1. The number of amides is 1. The van der Waals surface area contributed by atoms with Crippen LogP contribution in [0, 0.1) is 11.3 Å². The highest BCUT2D eigenvalue weighted by molar-refractivity contribution is 6.36. The van der Waals surface area contributed by atoms with Crippen molar-refractivity contribution < 1.29 is 4.79 Å². The van der Waals surface area contributed by atoms with Crippen LogP contribution in [-0.4, -0.2) is 5.91 Å². The molecule has 6 heteroatoms. The van der Waals surface area contributed by atoms with Crippen LogP contribution in [0.15, 0.2) is 60.3 Å². The Morgan fingerprint density at radius 1 is 1.21 bits per heavy atom. The first-order valence-electron chi connectivity index (χ1n) is 7.19. The van der Waals surface area contributed by atoms with Gasteiger partial charge in [0.05, 0.1) is 16.8 Å². The van der Waals surface area contributed by atoms with Crippen LogP contribution in [0.3, 0.4) is 0 Å². The van der Waals surface area contributed by atoms with Gasteiger partial charge in [-0.25, -0.2) is 0 Å². The summed E-state index contributed by atoms with van der Waals surface area (Å²) in [6.07, 6.45) is 1.32. The van der Waals surface area contributed by atoms with Crippen molar-refractivity contribution in [2.75, 3.05) is 5.32 Å². The third-order valence-electron chi connectivity index (χ3n) is 3.32. The standard InChI is InChI=1S/C18H15Cl2N3O/c1-12(13-5-3-2-4-6-13)23-18(24)14(10-21)11-22-17-8-7-15(19)9-16(17)20/h2-9,11-12,22H,1H3,(H,23,24)/b14-11-. The summed E-state index contributed by atoms with van der Waals surface area (Å²) < 4.78 is 0. The normalized spacial score (nSPS) is 12.2. The van der Waals surface area contributed by atoms with Gasteiger partial charge < -0.3 is 10.6 Å². The topological polar surface area (TPSA) is 64.9 Å². The molecule has 4 nitrogen and oxygen atoms in total. The number of rotatable bonds is 5. The molecule has 0 saturated carbocycles. The predicted molar refractivity (Wildman–Crippen MR) is 96.8 cm³/mol. The Morgan fingerprint density at radius 2 is 1.92 bits per heavy atom. The van der Waals surface area contributed by atoms with Gasteiger partial charge in [-0.3, -0.25) is 4.79 Å². The van der Waals surface area contributed by atoms with Gasteiger partial charge in [-0.2, -0.15) is 5.26 Å². The number of halogens is 2. The summed E-state index contributed by atoms with van der Waals surface area (Å²) >= 11 is 11.9. The van der Waals surface area contributed by atoms with E-state index in [1.165, 1.54) is 6.20 Å². The number of nitrogens with zero attached hydrogens (tertiary/aromatic N) is 1. The average Bonchev–Trinajstić information content (AvgIpc) is 2.57. The number of nitriles is 1. The molecule has 0 aliphatic carbocycles. The SMILES string of the molecule is CC(NC(=O)/C(C#N)=C\Nc1ccc(Cl)cc1Cl)c1ccccc1. The van der Waals surface area contributed by atoms with E-state index in [2.05, 4.69) is 10.6 Å². The lowest BCUT2D eigenvalue weighted by Crippen LogP contribution is -2.28. The van der Waals surface area contributed by atoms with E-state index in [4.69, 9.17) is 23.2 Å². The van der Waals surface area contributed by atoms with Crippen molar-refractivity contribution in [1.29, 1.82) is 5.26 Å². The molecule has 2 N–H and O–H groups in total. The van der Waals surface area contributed by atoms with Gasteiger partial charge in [-0.15, -0.1) is 0 Å². The van der Waals surface area contributed by atoms with Gasteiger partial charge in [0.25, 0.3) is 5.91 Å². The molecule has 122 valence electrons. The van der Waals surface area contributed by atoms with Crippen LogP contribution in [0.25, 0.3) is 0 Å². The molecule has 1 atom stereocenters. The Labute approximate surface area is 150 Å². The van der Waals surface area contributed by atoms with Gasteiger partial charge in [-0.05, 0) is 30.7 Å². The number of carbonyl (C=O) groups is 1. The van der Waals surface area contributed by atoms with E-state index < -0.39 is 5.91 Å². The van der Waals surface area contributed by atoms with Crippen molar-refractivity contribution in [3.05, 3.63) is 75.9 Å². The number of hydrogen-bond donors (Lipinski definition) is 2. The lowest BCUT2D eigenvalue weighted by Gasteiger charge is -2.14. The molecule has 0 fully saturated rings. The van der Waals surface area contributed by atoms with Crippen molar-refractivity contribution in [1.82, 2.24) is 5.32 Å². The largest absolute Gasteiger partial charge is 0.359 e. The average molecular weight is 360 g/mol. The zero-order valence-corrected chi connectivity index (χ0v) is 14.4. The first-order valence-corrected chi connectivity index (χ1v) is 7.94. The van der Waals surface area contributed by atoms with E-state index >= 15 is 0 Å². The maximum atomic E-state index is 12.2. The smallest absolute Gasteiger partial charge is 0.263 e. The molecule has 0 spiro atoms. The van der Waals surface area contributed by atoms with E-state index in [9.17, 15) is 10.1 Å². The Kier molecular flexibility index (Phi) is 6.25. The molecule has 0 aromatic heterocycles. The molecule has 2 rings (SSSR count). The Hall–Kier alpha value is -2.48. The zero-order chi connectivity index (χ0) is 17.5. The Balaban J connectivity index is 2.07. The molecule has 0 aliphatic rings. The van der Waals surface area contributed by atoms with E-state index in [0.717, 1.165) is 5.56 Å². The molecule has 1 amide bonds. The first-order chi connectivity index (χ1) is 11.5. The third kappa shape index (κ3) is 4.76. The Morgan fingerprint density at radius 3 is 2.54 bits per heavy atom. The van der Waals surface area contributed by atoms with Crippen molar-refractivity contribution in [2.45, 2.75) is 13.0 Å². The second kappa shape index (κ2) is 8.39. The summed E-state index contributed by atoms with van der Waals surface area (Å²) in [6.45, 7) is 1.85. The second-order valence-corrected chi connectivity index (χ2v) is 5.89. The molecular weight excluding hydrogens is 345 g/mol. The first kappa shape index (κ1) is 17.9. The van der Waals surface area contributed by atoms with E-state index in [1.54, 1.807) is 18.2 Å². The summed E-state index contributed by atoms with van der Waals surface area (Å²) in [5, 5.41) is 15.7. The summed E-state index contributed by atoms with van der Waals surface area (Å²) in [4.78, 5) is 12.2. The van der Waals surface area contributed by atoms with E-state index in [1.807, 2.05) is 43.3 Å². The number of anilines is 1. The molecule has 24 heavy (non-hydrogen) atoms. The molecule has 2 aromatic rings. The van der Waals surface area contributed by atoms with Crippen LogP contribution < -0.4 is 10.6 Å². The van der Waals surface area contributed by atoms with Gasteiger partial charge >= 0.3 is 0 Å². The maximum Gasteiger partial charge on any atom is 0.263 e. The maximum absolute atomic E-state index is 12.2. The van der Waals surface area contributed by atoms with Crippen LogP contribution in [0.5, 0.6) is 0 Å². The minimum absolute atomic E-state index is 0.0520. The van der Waals surface area contributed by atoms with Gasteiger partial charge in [0, 0.05) is 11.2 Å². The summed E-state index contributed by atoms with van der Waals surface area (Å²) in [5.41, 5.74) is 1.46. The minimum Gasteiger partial charge on any atom is -0.359 e. The van der Waals surface area contributed by atoms with Crippen molar-refractivity contribution in [3.63, 3.8) is 0 Å². The quantitative estimate of drug-likeness (QED) is 0.601. The highest BCUT2D eigenvalue weighted by Gasteiger charge is 2.13. The molecule has 1 unspecified atom stereocenters. The van der Waals surface area contributed by atoms with Gasteiger partial charge in [0.1, 0.15) is 11.6 Å². The van der Waals surface area contributed by atoms with E-state index in [0.29, 0.717) is 15.7 Å². The fourth-order valence-electron chi connectivity index (χ4n) is 2.00. The molecule has 2 aromatic carbocycles. The van der Waals surface area contributed by atoms with Crippen molar-refractivity contribution in [3.8, 4) is 6.07 Å². The molecule has 0 aliphatic heterocycles. The summed E-state index contributed by atoms with van der Waals surface area (Å²) in [5.74, 6) is -0.466. The number of benzene rings is 2. The van der Waals surface area contributed by atoms with Crippen LogP contribution in [0.2, 0.25) is 10.0 Å². The summed E-state index contributed by atoms with van der Waals surface area (Å²) in [7, 11) is 0. The molecule has 0 heterocycles. The van der Waals surface area contributed by atoms with Crippen molar-refractivity contribution in [2.24, 2.45) is 0 Å². The second-order valence-electron chi connectivity index (χ2n) is 5.04. The fraction of sp³-hybridized carbons (Fsp3) is 0.111. The van der Waals surface area contributed by atoms with E-state index in [-0.39, 0.29) is 11.6 Å². The fourth-order valence-corrected chi connectivity index (χ4v) is 2.47. The van der Waals surface area contributed by atoms with Crippen LogP contribution in [0.4, 0.5) is 5.69 Å². The zero-order valence-electron chi connectivity index (χ0n) is 12.9. The molecule has 0 radical (unpaired) electrons. The number of hydrogen-bond acceptors (Lipinski definition) is 3. The highest BCUT2D eigenvalue weighted by Crippen LogP contribution is 2.25. The van der Waals surface area contributed by atoms with Crippen LogP contribution >= 0.6 is 23.2 Å². The molecule has 0 saturated heterocycles. The lowest BCUT2D eigenvalue weighted by atomic mass is 10.1. The van der Waals surface area contributed by atoms with Crippen LogP contribution in [0.1, 0.15) is 18.5 Å². The molecular formula is C18H15Cl2N3O. The highest BCUT2D eigenvalue weighted by atomic mass is 35.5. The van der Waals surface area contributed by atoms with Crippen LogP contribution in [-0.2, 0) is 4.79 Å². The minimum atomic E-state index is -0.466. The monoisotopic (exact) mass is 359 g/mol. The lowest BCUT2D eigenvalue weighted by molar-refractivity contribution is -0.117. The van der Waals surface area contributed by atoms with Gasteiger partial charge in [-0.1, -0.05) is 53.5 Å². The molecule has 0 bridgehead atoms. The van der Waals surface area contributed by atoms with Gasteiger partial charge in [0.2, 0.25) is 0 Å². The Bertz CT molecular complexity index is 798. The van der Waals surface area contributed by atoms with Gasteiger partial charge in [0.15, 0.2) is 0 Å². The third-order valence-corrected chi connectivity index (χ3v) is 3.86. The predicted octanol–water partition coefficient (Wildman–Crippen LogP) is 4.69.